The van der Waals surface area contributed by atoms with Gasteiger partial charge in [0.05, 0.1) is 4.34 Å². The molecule has 1 N–H and O–H groups in total. The van der Waals surface area contributed by atoms with Crippen molar-refractivity contribution >= 4 is 22.9 Å². The normalized spacial score (nSPS) is 10.6. The summed E-state index contributed by atoms with van der Waals surface area (Å²) < 4.78 is 18.9. The van der Waals surface area contributed by atoms with Crippen LogP contribution in [0.15, 0.2) is 36.4 Å². The maximum absolute atomic E-state index is 12.6. The second-order valence-electron chi connectivity index (χ2n) is 3.68. The molecule has 0 aliphatic rings. The highest BCUT2D eigenvalue weighted by molar-refractivity contribution is 7.16. The third-order valence-corrected chi connectivity index (χ3v) is 3.52. The first kappa shape index (κ1) is 13.3. The smallest absolute Gasteiger partial charge is 0.123 e. The van der Waals surface area contributed by atoms with Crippen LogP contribution in [0.4, 0.5) is 4.39 Å². The van der Waals surface area contributed by atoms with Crippen molar-refractivity contribution in [2.75, 3.05) is 13.2 Å². The Morgan fingerprint density at radius 1 is 1.17 bits per heavy atom. The van der Waals surface area contributed by atoms with Crippen LogP contribution in [0.1, 0.15) is 4.88 Å². The Bertz CT molecular complexity index is 486. The van der Waals surface area contributed by atoms with E-state index in [1.807, 2.05) is 12.1 Å². The predicted octanol–water partition coefficient (Wildman–Crippen LogP) is 3.71. The lowest BCUT2D eigenvalue weighted by molar-refractivity contribution is 0.313. The molecule has 2 aromatic rings. The number of halogens is 2. The van der Waals surface area contributed by atoms with Crippen molar-refractivity contribution in [3.8, 4) is 5.75 Å². The lowest BCUT2D eigenvalue weighted by atomic mass is 10.3. The van der Waals surface area contributed by atoms with Gasteiger partial charge in [0.1, 0.15) is 18.2 Å². The average Bonchev–Trinajstić information content (AvgIpc) is 2.77. The third kappa shape index (κ3) is 4.29. The van der Waals surface area contributed by atoms with Crippen LogP contribution in [0.5, 0.6) is 5.75 Å². The Labute approximate surface area is 114 Å². The minimum Gasteiger partial charge on any atom is -0.492 e. The van der Waals surface area contributed by atoms with Crippen LogP contribution < -0.4 is 10.1 Å². The molecule has 5 heteroatoms. The predicted molar refractivity (Wildman–Crippen MR) is 72.9 cm³/mol. The number of ether oxygens (including phenoxy) is 1. The maximum atomic E-state index is 12.6. The summed E-state index contributed by atoms with van der Waals surface area (Å²) in [6.45, 7) is 2.06. The first-order valence-electron chi connectivity index (χ1n) is 5.57. The molecule has 2 rings (SSSR count). The van der Waals surface area contributed by atoms with Crippen LogP contribution in [0.3, 0.4) is 0 Å². The largest absolute Gasteiger partial charge is 0.492 e. The molecule has 0 fully saturated rings. The summed E-state index contributed by atoms with van der Waals surface area (Å²) in [5.41, 5.74) is 0. The van der Waals surface area contributed by atoms with E-state index in [-0.39, 0.29) is 5.82 Å². The fourth-order valence-electron chi connectivity index (χ4n) is 1.43. The third-order valence-electron chi connectivity index (χ3n) is 2.29. The summed E-state index contributed by atoms with van der Waals surface area (Å²) in [6, 6.07) is 9.90. The van der Waals surface area contributed by atoms with Gasteiger partial charge in [-0.2, -0.15) is 0 Å². The molecule has 1 aromatic carbocycles. The molecular formula is C13H13ClFNOS. The van der Waals surface area contributed by atoms with Gasteiger partial charge in [-0.15, -0.1) is 11.3 Å². The molecule has 0 atom stereocenters. The van der Waals surface area contributed by atoms with Crippen molar-refractivity contribution in [2.24, 2.45) is 0 Å². The van der Waals surface area contributed by atoms with Gasteiger partial charge >= 0.3 is 0 Å². The first-order chi connectivity index (χ1) is 8.74. The van der Waals surface area contributed by atoms with Crippen molar-refractivity contribution in [3.05, 3.63) is 51.4 Å². The molecule has 0 saturated heterocycles. The highest BCUT2D eigenvalue weighted by atomic mass is 35.5. The summed E-state index contributed by atoms with van der Waals surface area (Å²) in [5, 5.41) is 3.25. The number of nitrogens with one attached hydrogen (secondary N) is 1. The van der Waals surface area contributed by atoms with E-state index >= 15 is 0 Å². The van der Waals surface area contributed by atoms with E-state index in [0.717, 1.165) is 17.4 Å². The summed E-state index contributed by atoms with van der Waals surface area (Å²) in [5.74, 6) is 0.424. The van der Waals surface area contributed by atoms with Gasteiger partial charge < -0.3 is 10.1 Å². The second kappa shape index (κ2) is 6.73. The minimum absolute atomic E-state index is 0.255. The molecule has 96 valence electrons. The van der Waals surface area contributed by atoms with Gasteiger partial charge in [-0.3, -0.25) is 0 Å². The van der Waals surface area contributed by atoms with Crippen molar-refractivity contribution < 1.29 is 9.13 Å². The van der Waals surface area contributed by atoms with Crippen LogP contribution in [0.25, 0.3) is 0 Å². The summed E-state index contributed by atoms with van der Waals surface area (Å²) in [6.07, 6.45) is 0. The number of rotatable bonds is 6. The molecule has 0 aliphatic heterocycles. The van der Waals surface area contributed by atoms with Crippen molar-refractivity contribution in [3.63, 3.8) is 0 Å². The van der Waals surface area contributed by atoms with E-state index in [9.17, 15) is 4.39 Å². The topological polar surface area (TPSA) is 21.3 Å². The number of hydrogen-bond donors (Lipinski definition) is 1. The van der Waals surface area contributed by atoms with Crippen LogP contribution in [-0.2, 0) is 6.54 Å². The summed E-state index contributed by atoms with van der Waals surface area (Å²) in [7, 11) is 0. The van der Waals surface area contributed by atoms with E-state index in [1.165, 1.54) is 17.0 Å². The Kier molecular flexibility index (Phi) is 4.99. The lowest BCUT2D eigenvalue weighted by Gasteiger charge is -2.06. The van der Waals surface area contributed by atoms with E-state index < -0.39 is 0 Å². The number of benzene rings is 1. The SMILES string of the molecule is Fc1ccc(OCCNCc2ccc(Cl)s2)cc1. The molecule has 2 nitrogen and oxygen atoms in total. The molecule has 1 aromatic heterocycles. The van der Waals surface area contributed by atoms with Crippen molar-refractivity contribution in [2.45, 2.75) is 6.54 Å². The van der Waals surface area contributed by atoms with Gasteiger partial charge in [0.15, 0.2) is 0 Å². The molecular weight excluding hydrogens is 273 g/mol. The van der Waals surface area contributed by atoms with Gasteiger partial charge in [0.25, 0.3) is 0 Å². The Morgan fingerprint density at radius 3 is 2.61 bits per heavy atom. The second-order valence-corrected chi connectivity index (χ2v) is 5.48. The minimum atomic E-state index is -0.255. The van der Waals surface area contributed by atoms with Crippen molar-refractivity contribution in [1.82, 2.24) is 5.32 Å². The Hall–Kier alpha value is -1.10. The van der Waals surface area contributed by atoms with Crippen LogP contribution in [0.2, 0.25) is 4.34 Å². The fraction of sp³-hybridized carbons (Fsp3) is 0.231. The molecule has 0 radical (unpaired) electrons. The highest BCUT2D eigenvalue weighted by Crippen LogP contribution is 2.20. The summed E-state index contributed by atoms with van der Waals surface area (Å²) in [4.78, 5) is 1.20. The van der Waals surface area contributed by atoms with Crippen molar-refractivity contribution in [1.29, 1.82) is 0 Å². The molecule has 0 spiro atoms. The average molecular weight is 286 g/mol. The van der Waals surface area contributed by atoms with E-state index in [1.54, 1.807) is 23.5 Å². The molecule has 0 saturated carbocycles. The molecule has 1 heterocycles. The summed E-state index contributed by atoms with van der Waals surface area (Å²) >= 11 is 7.39. The van der Waals surface area contributed by atoms with E-state index in [0.29, 0.717) is 12.4 Å². The number of thiophene rings is 1. The monoisotopic (exact) mass is 285 g/mol. The maximum Gasteiger partial charge on any atom is 0.123 e. The standard InChI is InChI=1S/C13H13ClFNOS/c14-13-6-5-12(18-13)9-16-7-8-17-11-3-1-10(15)2-4-11/h1-6,16H,7-9H2. The van der Waals surface area contributed by atoms with Gasteiger partial charge in [-0.05, 0) is 36.4 Å². The van der Waals surface area contributed by atoms with Gasteiger partial charge in [-0.25, -0.2) is 4.39 Å². The van der Waals surface area contributed by atoms with Gasteiger partial charge in [0, 0.05) is 18.0 Å². The number of hydrogen-bond acceptors (Lipinski definition) is 3. The fourth-order valence-corrected chi connectivity index (χ4v) is 2.49. The first-order valence-corrected chi connectivity index (χ1v) is 6.77. The van der Waals surface area contributed by atoms with Crippen LogP contribution in [0, 0.1) is 5.82 Å². The van der Waals surface area contributed by atoms with Crippen LogP contribution in [-0.4, -0.2) is 13.2 Å². The Morgan fingerprint density at radius 2 is 1.94 bits per heavy atom. The Balaban J connectivity index is 1.63. The molecule has 18 heavy (non-hydrogen) atoms. The lowest BCUT2D eigenvalue weighted by Crippen LogP contribution is -2.20. The molecule has 0 bridgehead atoms. The van der Waals surface area contributed by atoms with Gasteiger partial charge in [0.2, 0.25) is 0 Å². The molecule has 0 aliphatic carbocycles. The quantitative estimate of drug-likeness (QED) is 0.817. The zero-order valence-corrected chi connectivity index (χ0v) is 11.2. The molecule has 0 unspecified atom stereocenters. The zero-order valence-electron chi connectivity index (χ0n) is 9.66. The van der Waals surface area contributed by atoms with E-state index in [2.05, 4.69) is 5.32 Å². The highest BCUT2D eigenvalue weighted by Gasteiger charge is 1.98. The van der Waals surface area contributed by atoms with E-state index in [4.69, 9.17) is 16.3 Å². The zero-order chi connectivity index (χ0) is 12.8. The van der Waals surface area contributed by atoms with Crippen LogP contribution >= 0.6 is 22.9 Å². The van der Waals surface area contributed by atoms with Gasteiger partial charge in [-0.1, -0.05) is 11.6 Å². The molecule has 0 amide bonds.